The molecule has 0 heterocycles. The number of ether oxygens (including phenoxy) is 1. The smallest absolute Gasteiger partial charge is 0.380 e. The van der Waals surface area contributed by atoms with Crippen molar-refractivity contribution in [1.82, 2.24) is 5.43 Å². The Morgan fingerprint density at radius 2 is 2.06 bits per heavy atom. The number of hydrazine groups is 1. The summed E-state index contributed by atoms with van der Waals surface area (Å²) >= 11 is 0. The number of hydrogen-bond donors (Lipinski definition) is 2. The molecule has 18 heavy (non-hydrogen) atoms. The molecule has 0 aliphatic heterocycles. The third-order valence-electron chi connectivity index (χ3n) is 2.86. The second-order valence-electron chi connectivity index (χ2n) is 4.12. The molecule has 0 saturated carbocycles. The van der Waals surface area contributed by atoms with Gasteiger partial charge in [0.05, 0.1) is 17.7 Å². The van der Waals surface area contributed by atoms with Gasteiger partial charge in [0.25, 0.3) is 0 Å². The molecule has 0 radical (unpaired) electrons. The number of nitrogens with two attached hydrogens (primary N) is 1. The van der Waals surface area contributed by atoms with Crippen molar-refractivity contribution in [2.75, 3.05) is 7.11 Å². The van der Waals surface area contributed by atoms with Gasteiger partial charge in [-0.25, -0.2) is 0 Å². The van der Waals surface area contributed by atoms with Crippen molar-refractivity contribution in [3.63, 3.8) is 0 Å². The summed E-state index contributed by atoms with van der Waals surface area (Å²) in [6, 6.07) is 4.98. The van der Waals surface area contributed by atoms with Crippen molar-refractivity contribution >= 4 is 0 Å². The number of alkyl halides is 3. The minimum Gasteiger partial charge on any atom is -0.380 e. The molecule has 1 aromatic carbocycles. The highest BCUT2D eigenvalue weighted by molar-refractivity contribution is 5.26. The van der Waals surface area contributed by atoms with Crippen LogP contribution in [-0.2, 0) is 17.3 Å². The topological polar surface area (TPSA) is 47.3 Å². The first-order valence-corrected chi connectivity index (χ1v) is 5.53. The Bertz CT molecular complexity index is 382. The molecule has 0 aromatic heterocycles. The first-order valence-electron chi connectivity index (χ1n) is 5.53. The zero-order valence-corrected chi connectivity index (χ0v) is 10.3. The lowest BCUT2D eigenvalue weighted by Gasteiger charge is -2.22. The predicted molar refractivity (Wildman–Crippen MR) is 62.7 cm³/mol. The molecule has 0 amide bonds. The van der Waals surface area contributed by atoms with E-state index < -0.39 is 11.7 Å². The van der Waals surface area contributed by atoms with Crippen LogP contribution in [0, 0.1) is 0 Å². The van der Waals surface area contributed by atoms with Gasteiger partial charge in [-0.15, -0.1) is 0 Å². The van der Waals surface area contributed by atoms with E-state index in [9.17, 15) is 13.2 Å². The van der Waals surface area contributed by atoms with Gasteiger partial charge in [0, 0.05) is 7.11 Å². The van der Waals surface area contributed by atoms with E-state index >= 15 is 0 Å². The Balaban J connectivity index is 2.84. The molecule has 2 unspecified atom stereocenters. The predicted octanol–water partition coefficient (Wildman–Crippen LogP) is 2.11. The van der Waals surface area contributed by atoms with Crippen LogP contribution in [0.15, 0.2) is 24.3 Å². The van der Waals surface area contributed by atoms with Crippen LogP contribution in [0.2, 0.25) is 0 Å². The summed E-state index contributed by atoms with van der Waals surface area (Å²) < 4.78 is 42.7. The minimum absolute atomic E-state index is 0.190. The first kappa shape index (κ1) is 14.9. The van der Waals surface area contributed by atoms with E-state index in [1.54, 1.807) is 13.0 Å². The molecule has 3 nitrogen and oxygen atoms in total. The SMILES string of the molecule is COC(C)C(Cc1cccc(C(F)(F)F)c1)NN. The molecule has 0 fully saturated rings. The van der Waals surface area contributed by atoms with E-state index in [1.807, 2.05) is 0 Å². The molecule has 0 aliphatic carbocycles. The molecule has 0 aliphatic rings. The van der Waals surface area contributed by atoms with Crippen LogP contribution in [0.25, 0.3) is 0 Å². The lowest BCUT2D eigenvalue weighted by atomic mass is 10.0. The van der Waals surface area contributed by atoms with Gasteiger partial charge < -0.3 is 4.74 Å². The highest BCUT2D eigenvalue weighted by Crippen LogP contribution is 2.29. The van der Waals surface area contributed by atoms with E-state index in [0.29, 0.717) is 12.0 Å². The van der Waals surface area contributed by atoms with Gasteiger partial charge in [-0.05, 0) is 25.0 Å². The average molecular weight is 262 g/mol. The van der Waals surface area contributed by atoms with Crippen LogP contribution in [0.4, 0.5) is 13.2 Å². The van der Waals surface area contributed by atoms with Gasteiger partial charge in [-0.3, -0.25) is 11.3 Å². The summed E-state index contributed by atoms with van der Waals surface area (Å²) in [6.45, 7) is 1.80. The molecule has 0 saturated heterocycles. The highest BCUT2D eigenvalue weighted by atomic mass is 19.4. The van der Waals surface area contributed by atoms with Gasteiger partial charge in [-0.1, -0.05) is 18.2 Å². The summed E-state index contributed by atoms with van der Waals surface area (Å²) in [5.41, 5.74) is 2.47. The van der Waals surface area contributed by atoms with Crippen LogP contribution in [0.5, 0.6) is 0 Å². The van der Waals surface area contributed by atoms with Crippen LogP contribution in [0.1, 0.15) is 18.1 Å². The second-order valence-corrected chi connectivity index (χ2v) is 4.12. The molecule has 3 N–H and O–H groups in total. The molecule has 2 atom stereocenters. The summed E-state index contributed by atoms with van der Waals surface area (Å²) in [4.78, 5) is 0. The Hall–Kier alpha value is -1.11. The third-order valence-corrected chi connectivity index (χ3v) is 2.86. The quantitative estimate of drug-likeness (QED) is 0.631. The van der Waals surface area contributed by atoms with E-state index in [1.165, 1.54) is 13.2 Å². The third kappa shape index (κ3) is 3.97. The van der Waals surface area contributed by atoms with Gasteiger partial charge in [0.2, 0.25) is 0 Å². The molecule has 1 aromatic rings. The van der Waals surface area contributed by atoms with E-state index in [2.05, 4.69) is 5.43 Å². The summed E-state index contributed by atoms with van der Waals surface area (Å²) in [5, 5.41) is 0. The average Bonchev–Trinajstić information content (AvgIpc) is 2.34. The standard InChI is InChI=1S/C12H17F3N2O/c1-8(18-2)11(17-16)7-9-4-3-5-10(6-9)12(13,14)15/h3-6,8,11,17H,7,16H2,1-2H3. The van der Waals surface area contributed by atoms with Gasteiger partial charge in [0.15, 0.2) is 0 Å². The largest absolute Gasteiger partial charge is 0.416 e. The molecular weight excluding hydrogens is 245 g/mol. The maximum absolute atomic E-state index is 12.5. The van der Waals surface area contributed by atoms with E-state index in [-0.39, 0.29) is 12.1 Å². The van der Waals surface area contributed by atoms with Crippen molar-refractivity contribution in [3.8, 4) is 0 Å². The van der Waals surface area contributed by atoms with Crippen molar-refractivity contribution in [1.29, 1.82) is 0 Å². The normalized spacial score (nSPS) is 15.4. The molecule has 1 rings (SSSR count). The lowest BCUT2D eigenvalue weighted by molar-refractivity contribution is -0.137. The number of nitrogens with one attached hydrogen (secondary N) is 1. The van der Waals surface area contributed by atoms with Crippen molar-refractivity contribution < 1.29 is 17.9 Å². The van der Waals surface area contributed by atoms with Crippen LogP contribution in [-0.4, -0.2) is 19.3 Å². The van der Waals surface area contributed by atoms with Crippen LogP contribution >= 0.6 is 0 Å². The highest BCUT2D eigenvalue weighted by Gasteiger charge is 2.30. The summed E-state index contributed by atoms with van der Waals surface area (Å²) in [5.74, 6) is 5.37. The first-order chi connectivity index (χ1) is 8.38. The number of benzene rings is 1. The van der Waals surface area contributed by atoms with Crippen molar-refractivity contribution in [3.05, 3.63) is 35.4 Å². The minimum atomic E-state index is -4.32. The zero-order chi connectivity index (χ0) is 13.8. The Morgan fingerprint density at radius 1 is 1.39 bits per heavy atom. The number of methoxy groups -OCH3 is 1. The molecule has 0 spiro atoms. The number of hydrogen-bond acceptors (Lipinski definition) is 3. The molecular formula is C12H17F3N2O. The number of halogens is 3. The van der Waals surface area contributed by atoms with Crippen LogP contribution in [0.3, 0.4) is 0 Å². The Labute approximate surface area is 104 Å². The number of rotatable bonds is 5. The lowest BCUT2D eigenvalue weighted by Crippen LogP contribution is -2.45. The van der Waals surface area contributed by atoms with Gasteiger partial charge in [0.1, 0.15) is 0 Å². The van der Waals surface area contributed by atoms with Crippen LogP contribution < -0.4 is 11.3 Å². The summed E-state index contributed by atoms with van der Waals surface area (Å²) in [7, 11) is 1.53. The fraction of sp³-hybridized carbons (Fsp3) is 0.500. The molecule has 102 valence electrons. The molecule has 0 bridgehead atoms. The molecule has 6 heteroatoms. The van der Waals surface area contributed by atoms with E-state index in [0.717, 1.165) is 12.1 Å². The summed E-state index contributed by atoms with van der Waals surface area (Å²) in [6.07, 6.45) is -4.14. The maximum atomic E-state index is 12.5. The Kier molecular flexibility index (Phi) is 5.13. The van der Waals surface area contributed by atoms with Gasteiger partial charge >= 0.3 is 6.18 Å². The van der Waals surface area contributed by atoms with Crippen molar-refractivity contribution in [2.45, 2.75) is 31.7 Å². The second kappa shape index (κ2) is 6.17. The fourth-order valence-corrected chi connectivity index (χ4v) is 1.65. The van der Waals surface area contributed by atoms with Gasteiger partial charge in [-0.2, -0.15) is 13.2 Å². The van der Waals surface area contributed by atoms with Crippen molar-refractivity contribution in [2.24, 2.45) is 5.84 Å². The maximum Gasteiger partial charge on any atom is 0.416 e. The zero-order valence-electron chi connectivity index (χ0n) is 10.3. The Morgan fingerprint density at radius 3 is 2.56 bits per heavy atom. The monoisotopic (exact) mass is 262 g/mol. The van der Waals surface area contributed by atoms with E-state index in [4.69, 9.17) is 10.6 Å². The fourth-order valence-electron chi connectivity index (χ4n) is 1.65.